The van der Waals surface area contributed by atoms with Crippen molar-refractivity contribution in [3.63, 3.8) is 0 Å². The third-order valence-corrected chi connectivity index (χ3v) is 4.07. The van der Waals surface area contributed by atoms with Gasteiger partial charge in [0, 0.05) is 31.4 Å². The van der Waals surface area contributed by atoms with E-state index in [9.17, 15) is 0 Å². The average molecular weight is 290 g/mol. The number of nitrogens with one attached hydrogen (secondary N) is 2. The molecule has 2 rings (SSSR count). The van der Waals surface area contributed by atoms with Crippen LogP contribution in [0.3, 0.4) is 0 Å². The molecule has 0 aliphatic heterocycles. The highest BCUT2D eigenvalue weighted by molar-refractivity contribution is 5.80. The summed E-state index contributed by atoms with van der Waals surface area (Å²) >= 11 is 0. The van der Waals surface area contributed by atoms with Crippen LogP contribution in [0.1, 0.15) is 38.2 Å². The zero-order valence-corrected chi connectivity index (χ0v) is 13.2. The third-order valence-electron chi connectivity index (χ3n) is 4.07. The molecular weight excluding hydrogens is 264 g/mol. The quantitative estimate of drug-likeness (QED) is 0.660. The Balaban J connectivity index is 1.85. The molecule has 2 N–H and O–H groups in total. The molecule has 0 bridgehead atoms. The van der Waals surface area contributed by atoms with Gasteiger partial charge in [0.15, 0.2) is 5.96 Å². The number of nitrogens with zero attached hydrogens (tertiary/aromatic N) is 2. The lowest BCUT2D eigenvalue weighted by atomic mass is 9.87. The van der Waals surface area contributed by atoms with Crippen LogP contribution in [-0.4, -0.2) is 31.1 Å². The summed E-state index contributed by atoms with van der Waals surface area (Å²) in [6, 6.07) is 4.45. The topological polar surface area (TPSA) is 58.5 Å². The number of guanidine groups is 1. The Hall–Kier alpha value is -1.78. The largest absolute Gasteiger partial charge is 0.481 e. The lowest BCUT2D eigenvalue weighted by Crippen LogP contribution is -2.44. The lowest BCUT2D eigenvalue weighted by molar-refractivity contribution is 0.329. The van der Waals surface area contributed by atoms with Gasteiger partial charge in [-0.25, -0.2) is 4.98 Å². The van der Waals surface area contributed by atoms with E-state index < -0.39 is 0 Å². The van der Waals surface area contributed by atoms with Gasteiger partial charge in [0.05, 0.1) is 7.11 Å². The Labute approximate surface area is 127 Å². The molecule has 0 unspecified atom stereocenters. The Morgan fingerprint density at radius 3 is 2.81 bits per heavy atom. The van der Waals surface area contributed by atoms with Gasteiger partial charge in [-0.05, 0) is 37.7 Å². The number of hydrogen-bond acceptors (Lipinski definition) is 3. The van der Waals surface area contributed by atoms with Crippen LogP contribution in [0.2, 0.25) is 0 Å². The molecule has 21 heavy (non-hydrogen) atoms. The summed E-state index contributed by atoms with van der Waals surface area (Å²) in [4.78, 5) is 8.51. The van der Waals surface area contributed by atoms with E-state index in [2.05, 4.69) is 27.5 Å². The van der Waals surface area contributed by atoms with Gasteiger partial charge in [-0.3, -0.25) is 4.99 Å². The normalized spacial score (nSPS) is 22.7. The summed E-state index contributed by atoms with van der Waals surface area (Å²) in [5, 5.41) is 6.85. The Morgan fingerprint density at radius 2 is 2.14 bits per heavy atom. The fraction of sp³-hybridized carbons (Fsp3) is 0.625. The van der Waals surface area contributed by atoms with Crippen molar-refractivity contribution >= 4 is 5.96 Å². The minimum absolute atomic E-state index is 0.531. The highest BCUT2D eigenvalue weighted by Crippen LogP contribution is 2.23. The van der Waals surface area contributed by atoms with Crippen molar-refractivity contribution in [3.05, 3.63) is 23.9 Å². The van der Waals surface area contributed by atoms with Gasteiger partial charge in [-0.1, -0.05) is 13.0 Å². The van der Waals surface area contributed by atoms with Crippen molar-refractivity contribution in [2.45, 2.75) is 45.2 Å². The van der Waals surface area contributed by atoms with Crippen LogP contribution in [0.4, 0.5) is 0 Å². The maximum atomic E-state index is 5.26. The van der Waals surface area contributed by atoms with E-state index >= 15 is 0 Å². The number of rotatable bonds is 4. The van der Waals surface area contributed by atoms with Gasteiger partial charge in [-0.2, -0.15) is 0 Å². The van der Waals surface area contributed by atoms with Crippen LogP contribution >= 0.6 is 0 Å². The molecule has 1 aromatic rings. The van der Waals surface area contributed by atoms with Crippen molar-refractivity contribution in [1.82, 2.24) is 15.6 Å². The molecule has 0 spiro atoms. The fourth-order valence-electron chi connectivity index (χ4n) is 2.71. The van der Waals surface area contributed by atoms with E-state index in [0.717, 1.165) is 17.4 Å². The van der Waals surface area contributed by atoms with Crippen LogP contribution in [-0.2, 0) is 6.54 Å². The molecule has 1 aliphatic rings. The second-order valence-corrected chi connectivity index (χ2v) is 5.70. The Morgan fingerprint density at radius 1 is 1.38 bits per heavy atom. The van der Waals surface area contributed by atoms with Gasteiger partial charge in [-0.15, -0.1) is 0 Å². The van der Waals surface area contributed by atoms with Crippen LogP contribution in [0.15, 0.2) is 23.3 Å². The first-order valence-corrected chi connectivity index (χ1v) is 7.68. The van der Waals surface area contributed by atoms with Crippen molar-refractivity contribution in [2.75, 3.05) is 14.2 Å². The summed E-state index contributed by atoms with van der Waals surface area (Å²) in [7, 11) is 3.45. The molecule has 0 amide bonds. The van der Waals surface area contributed by atoms with Crippen LogP contribution in [0.25, 0.3) is 0 Å². The van der Waals surface area contributed by atoms with E-state index in [0.29, 0.717) is 18.5 Å². The maximum absolute atomic E-state index is 5.26. The molecule has 5 nitrogen and oxygen atoms in total. The molecule has 1 aromatic heterocycles. The predicted molar refractivity (Wildman–Crippen MR) is 85.5 cm³/mol. The predicted octanol–water partition coefficient (Wildman–Crippen LogP) is 2.33. The maximum Gasteiger partial charge on any atom is 0.218 e. The second kappa shape index (κ2) is 7.86. The van der Waals surface area contributed by atoms with E-state index in [1.807, 2.05) is 12.1 Å². The molecule has 1 heterocycles. The first-order chi connectivity index (χ1) is 10.2. The van der Waals surface area contributed by atoms with E-state index in [1.54, 1.807) is 20.4 Å². The first-order valence-electron chi connectivity index (χ1n) is 7.68. The van der Waals surface area contributed by atoms with E-state index in [-0.39, 0.29) is 0 Å². The zero-order valence-electron chi connectivity index (χ0n) is 13.2. The van der Waals surface area contributed by atoms with E-state index in [1.165, 1.54) is 25.7 Å². The van der Waals surface area contributed by atoms with Crippen LogP contribution in [0, 0.1) is 5.92 Å². The molecule has 0 atom stereocenters. The number of ether oxygens (including phenoxy) is 1. The average Bonchev–Trinajstić information content (AvgIpc) is 2.53. The molecule has 1 aliphatic carbocycles. The summed E-state index contributed by atoms with van der Waals surface area (Å²) in [6.07, 6.45) is 6.77. The molecule has 116 valence electrons. The monoisotopic (exact) mass is 290 g/mol. The minimum Gasteiger partial charge on any atom is -0.481 e. The summed E-state index contributed by atoms with van der Waals surface area (Å²) in [6.45, 7) is 2.98. The molecule has 0 aromatic carbocycles. The van der Waals surface area contributed by atoms with Crippen molar-refractivity contribution in [2.24, 2.45) is 10.9 Å². The van der Waals surface area contributed by atoms with Crippen LogP contribution < -0.4 is 15.4 Å². The SMILES string of the molecule is CN=C(NCc1cccnc1OC)NC1CCC(C)CC1. The summed E-state index contributed by atoms with van der Waals surface area (Å²) in [5.74, 6) is 2.37. The highest BCUT2D eigenvalue weighted by Gasteiger charge is 2.18. The van der Waals surface area contributed by atoms with Gasteiger partial charge in [0.2, 0.25) is 5.88 Å². The lowest BCUT2D eigenvalue weighted by Gasteiger charge is -2.28. The number of hydrogen-bond donors (Lipinski definition) is 2. The van der Waals surface area contributed by atoms with Crippen molar-refractivity contribution in [3.8, 4) is 5.88 Å². The number of pyridine rings is 1. The molecular formula is C16H26N4O. The highest BCUT2D eigenvalue weighted by atomic mass is 16.5. The van der Waals surface area contributed by atoms with Crippen molar-refractivity contribution in [1.29, 1.82) is 0 Å². The molecule has 0 saturated heterocycles. The van der Waals surface area contributed by atoms with Gasteiger partial charge < -0.3 is 15.4 Å². The summed E-state index contributed by atoms with van der Waals surface area (Å²) < 4.78 is 5.26. The van der Waals surface area contributed by atoms with Gasteiger partial charge in [0.25, 0.3) is 0 Å². The summed E-state index contributed by atoms with van der Waals surface area (Å²) in [5.41, 5.74) is 1.03. The third kappa shape index (κ3) is 4.62. The molecule has 1 fully saturated rings. The van der Waals surface area contributed by atoms with Crippen molar-refractivity contribution < 1.29 is 4.74 Å². The van der Waals surface area contributed by atoms with Crippen LogP contribution in [0.5, 0.6) is 5.88 Å². The zero-order chi connectivity index (χ0) is 15.1. The molecule has 0 radical (unpaired) electrons. The first kappa shape index (κ1) is 15.6. The number of aromatic nitrogens is 1. The van der Waals surface area contributed by atoms with Gasteiger partial charge in [0.1, 0.15) is 0 Å². The molecule has 5 heteroatoms. The van der Waals surface area contributed by atoms with E-state index in [4.69, 9.17) is 4.74 Å². The van der Waals surface area contributed by atoms with Gasteiger partial charge >= 0.3 is 0 Å². The second-order valence-electron chi connectivity index (χ2n) is 5.70. The Bertz CT molecular complexity index is 467. The number of methoxy groups -OCH3 is 1. The smallest absolute Gasteiger partial charge is 0.218 e. The minimum atomic E-state index is 0.531. The molecule has 1 saturated carbocycles. The Kier molecular flexibility index (Phi) is 5.84. The fourth-order valence-corrected chi connectivity index (χ4v) is 2.71. The number of aliphatic imine (C=N–C) groups is 1. The standard InChI is InChI=1S/C16H26N4O/c1-12-6-8-14(9-7-12)20-16(17-2)19-11-13-5-4-10-18-15(13)21-3/h4-5,10,12,14H,6-9,11H2,1-3H3,(H2,17,19,20).